The minimum absolute atomic E-state index is 0.0160. The fourth-order valence-electron chi connectivity index (χ4n) is 3.35. The van der Waals surface area contributed by atoms with Crippen molar-refractivity contribution in [3.8, 4) is 5.75 Å². The fraction of sp³-hybridized carbons (Fsp3) is 0.273. The SMILES string of the molecule is COc1ccc(C(O)=C2C(=O)C(=O)N(CCN(C)C)[C@H]2c2ccc(Cl)c(Cl)c2)cc1. The molecule has 1 amide bonds. The Bertz CT molecular complexity index is 1000. The number of ether oxygens (including phenoxy) is 1. The van der Waals surface area contributed by atoms with Crippen LogP contribution < -0.4 is 4.74 Å². The number of methoxy groups -OCH3 is 1. The molecule has 3 rings (SSSR count). The molecular formula is C22H22Cl2N2O4. The number of carbonyl (C=O) groups is 2. The van der Waals surface area contributed by atoms with Gasteiger partial charge in [0, 0.05) is 18.7 Å². The molecule has 0 saturated carbocycles. The largest absolute Gasteiger partial charge is 0.507 e. The van der Waals surface area contributed by atoms with Gasteiger partial charge in [0.2, 0.25) is 0 Å². The zero-order valence-corrected chi connectivity index (χ0v) is 18.4. The quantitative estimate of drug-likeness (QED) is 0.411. The van der Waals surface area contributed by atoms with Gasteiger partial charge in [-0.1, -0.05) is 29.3 Å². The molecule has 0 radical (unpaired) electrons. The summed E-state index contributed by atoms with van der Waals surface area (Å²) in [5, 5.41) is 11.7. The molecule has 2 aromatic rings. The van der Waals surface area contributed by atoms with E-state index in [-0.39, 0.29) is 11.3 Å². The number of nitrogens with zero attached hydrogens (tertiary/aromatic N) is 2. The molecule has 1 atom stereocenters. The van der Waals surface area contributed by atoms with Gasteiger partial charge in [0.1, 0.15) is 11.5 Å². The zero-order valence-electron chi connectivity index (χ0n) is 16.9. The van der Waals surface area contributed by atoms with Crippen molar-refractivity contribution in [2.45, 2.75) is 6.04 Å². The third kappa shape index (κ3) is 4.31. The molecule has 1 saturated heterocycles. The van der Waals surface area contributed by atoms with E-state index in [4.69, 9.17) is 27.9 Å². The van der Waals surface area contributed by atoms with Crippen molar-refractivity contribution in [3.05, 3.63) is 69.2 Å². The first-order valence-electron chi connectivity index (χ1n) is 9.27. The van der Waals surface area contributed by atoms with Crippen molar-refractivity contribution < 1.29 is 19.4 Å². The molecular weight excluding hydrogens is 427 g/mol. The number of halogens is 2. The van der Waals surface area contributed by atoms with Crippen molar-refractivity contribution in [3.63, 3.8) is 0 Å². The number of rotatable bonds is 6. The van der Waals surface area contributed by atoms with E-state index in [1.54, 1.807) is 42.5 Å². The van der Waals surface area contributed by atoms with Crippen molar-refractivity contribution >= 4 is 40.7 Å². The molecule has 6 nitrogen and oxygen atoms in total. The van der Waals surface area contributed by atoms with Crippen LogP contribution in [0.3, 0.4) is 0 Å². The van der Waals surface area contributed by atoms with Crippen LogP contribution in [0.1, 0.15) is 17.2 Å². The van der Waals surface area contributed by atoms with Crippen LogP contribution in [0.5, 0.6) is 5.75 Å². The van der Waals surface area contributed by atoms with Crippen LogP contribution in [0.25, 0.3) is 5.76 Å². The number of carbonyl (C=O) groups excluding carboxylic acids is 2. The lowest BCUT2D eigenvalue weighted by atomic mass is 9.95. The van der Waals surface area contributed by atoms with Gasteiger partial charge in [-0.2, -0.15) is 0 Å². The number of aliphatic hydroxyl groups is 1. The average molecular weight is 449 g/mol. The maximum absolute atomic E-state index is 12.9. The monoisotopic (exact) mass is 448 g/mol. The van der Waals surface area contributed by atoms with Gasteiger partial charge in [0.25, 0.3) is 11.7 Å². The van der Waals surface area contributed by atoms with E-state index in [2.05, 4.69) is 0 Å². The van der Waals surface area contributed by atoms with E-state index in [0.717, 1.165) is 0 Å². The number of amides is 1. The third-order valence-corrected chi connectivity index (χ3v) is 5.69. The smallest absolute Gasteiger partial charge is 0.295 e. The second-order valence-corrected chi connectivity index (χ2v) is 8.01. The highest BCUT2D eigenvalue weighted by Crippen LogP contribution is 2.40. The number of aliphatic hydroxyl groups excluding tert-OH is 1. The number of hydrogen-bond donors (Lipinski definition) is 1. The highest BCUT2D eigenvalue weighted by atomic mass is 35.5. The Morgan fingerprint density at radius 1 is 1.10 bits per heavy atom. The van der Waals surface area contributed by atoms with Crippen LogP contribution in [-0.4, -0.2) is 60.9 Å². The van der Waals surface area contributed by atoms with Crippen molar-refractivity contribution in [2.24, 2.45) is 0 Å². The molecule has 0 bridgehead atoms. The third-order valence-electron chi connectivity index (χ3n) is 4.95. The van der Waals surface area contributed by atoms with Crippen LogP contribution >= 0.6 is 23.2 Å². The molecule has 0 aromatic heterocycles. The molecule has 0 spiro atoms. The van der Waals surface area contributed by atoms with E-state index in [0.29, 0.717) is 40.0 Å². The molecule has 2 aromatic carbocycles. The van der Waals surface area contributed by atoms with Crippen molar-refractivity contribution in [1.29, 1.82) is 0 Å². The molecule has 158 valence electrons. The molecule has 1 fully saturated rings. The highest BCUT2D eigenvalue weighted by Gasteiger charge is 2.46. The zero-order chi connectivity index (χ0) is 22.0. The first-order chi connectivity index (χ1) is 14.2. The lowest BCUT2D eigenvalue weighted by Gasteiger charge is -2.26. The van der Waals surface area contributed by atoms with Gasteiger partial charge >= 0.3 is 0 Å². The van der Waals surface area contributed by atoms with Crippen LogP contribution in [0.15, 0.2) is 48.0 Å². The maximum Gasteiger partial charge on any atom is 0.295 e. The molecule has 1 N–H and O–H groups in total. The van der Waals surface area contributed by atoms with E-state index in [1.165, 1.54) is 12.0 Å². The molecule has 0 aliphatic carbocycles. The first-order valence-corrected chi connectivity index (χ1v) is 10.0. The second-order valence-electron chi connectivity index (χ2n) is 7.20. The normalized spacial score (nSPS) is 18.3. The van der Waals surface area contributed by atoms with Crippen molar-refractivity contribution in [1.82, 2.24) is 9.80 Å². The topological polar surface area (TPSA) is 70.1 Å². The summed E-state index contributed by atoms with van der Waals surface area (Å²) in [6.07, 6.45) is 0. The summed E-state index contributed by atoms with van der Waals surface area (Å²) in [6, 6.07) is 10.8. The summed E-state index contributed by atoms with van der Waals surface area (Å²) in [4.78, 5) is 29.1. The van der Waals surface area contributed by atoms with E-state index >= 15 is 0 Å². The summed E-state index contributed by atoms with van der Waals surface area (Å²) in [5.74, 6) is -1.04. The molecule has 1 aliphatic rings. The summed E-state index contributed by atoms with van der Waals surface area (Å²) < 4.78 is 5.14. The van der Waals surface area contributed by atoms with Gasteiger partial charge in [-0.05, 0) is 56.1 Å². The molecule has 1 heterocycles. The number of benzene rings is 2. The lowest BCUT2D eigenvalue weighted by molar-refractivity contribution is -0.140. The van der Waals surface area contributed by atoms with Crippen LogP contribution in [-0.2, 0) is 9.59 Å². The summed E-state index contributed by atoms with van der Waals surface area (Å²) in [6.45, 7) is 0.856. The first kappa shape index (κ1) is 22.2. The molecule has 1 aliphatic heterocycles. The van der Waals surface area contributed by atoms with E-state index in [1.807, 2.05) is 19.0 Å². The lowest BCUT2D eigenvalue weighted by Crippen LogP contribution is -2.35. The minimum atomic E-state index is -0.776. The summed E-state index contributed by atoms with van der Waals surface area (Å²) >= 11 is 12.2. The van der Waals surface area contributed by atoms with Gasteiger partial charge in [0.05, 0.1) is 28.8 Å². The second kappa shape index (κ2) is 9.08. The Labute approximate surface area is 185 Å². The minimum Gasteiger partial charge on any atom is -0.507 e. The molecule has 8 heteroatoms. The number of hydrogen-bond acceptors (Lipinski definition) is 5. The predicted molar refractivity (Wildman–Crippen MR) is 117 cm³/mol. The molecule has 30 heavy (non-hydrogen) atoms. The Morgan fingerprint density at radius 3 is 2.33 bits per heavy atom. The number of likely N-dealkylation sites (N-methyl/N-ethyl adjacent to an activating group) is 1. The highest BCUT2D eigenvalue weighted by molar-refractivity contribution is 6.46. The van der Waals surface area contributed by atoms with Gasteiger partial charge in [0.15, 0.2) is 0 Å². The molecule has 0 unspecified atom stereocenters. The Morgan fingerprint density at radius 2 is 1.77 bits per heavy atom. The fourth-order valence-corrected chi connectivity index (χ4v) is 3.66. The summed E-state index contributed by atoms with van der Waals surface area (Å²) in [7, 11) is 5.29. The van der Waals surface area contributed by atoms with Gasteiger partial charge < -0.3 is 19.6 Å². The Kier molecular flexibility index (Phi) is 6.71. The number of Topliss-reactive ketones (excluding diaryl/α,β-unsaturated/α-hetero) is 1. The predicted octanol–water partition coefficient (Wildman–Crippen LogP) is 3.99. The summed E-state index contributed by atoms with van der Waals surface area (Å²) in [5.41, 5.74) is 1.02. The van der Waals surface area contributed by atoms with E-state index < -0.39 is 17.7 Å². The van der Waals surface area contributed by atoms with Gasteiger partial charge in [-0.25, -0.2) is 0 Å². The average Bonchev–Trinajstić information content (AvgIpc) is 2.98. The Hall–Kier alpha value is -2.54. The van der Waals surface area contributed by atoms with Crippen LogP contribution in [0.4, 0.5) is 0 Å². The van der Waals surface area contributed by atoms with E-state index in [9.17, 15) is 14.7 Å². The van der Waals surface area contributed by atoms with Crippen LogP contribution in [0, 0.1) is 0 Å². The van der Waals surface area contributed by atoms with Crippen LogP contribution in [0.2, 0.25) is 10.0 Å². The Balaban J connectivity index is 2.15. The number of ketones is 1. The standard InChI is InChI=1S/C22H22Cl2N2O4/c1-25(2)10-11-26-19(14-6-9-16(23)17(24)12-14)18(21(28)22(26)29)20(27)13-4-7-15(30-3)8-5-13/h4-9,12,19,27H,10-11H2,1-3H3/t19-/m0/s1. The number of likely N-dealkylation sites (tertiary alicyclic amines) is 1. The van der Waals surface area contributed by atoms with Crippen molar-refractivity contribution in [2.75, 3.05) is 34.3 Å². The maximum atomic E-state index is 12.9. The van der Waals surface area contributed by atoms with Gasteiger partial charge in [-0.15, -0.1) is 0 Å². The van der Waals surface area contributed by atoms with Gasteiger partial charge in [-0.3, -0.25) is 9.59 Å².